The minimum atomic E-state index is -4.81. The van der Waals surface area contributed by atoms with E-state index in [1.54, 1.807) is 17.9 Å². The molecule has 0 fully saturated rings. The molecular weight excluding hydrogens is 589 g/mol. The van der Waals surface area contributed by atoms with Crippen LogP contribution in [0.1, 0.15) is 57.9 Å². The van der Waals surface area contributed by atoms with Crippen LogP contribution in [0.3, 0.4) is 0 Å². The molecule has 0 atom stereocenters. The quantitative estimate of drug-likeness (QED) is 0.129. The number of rotatable bonds is 7. The predicted molar refractivity (Wildman–Crippen MR) is 169 cm³/mol. The average molecular weight is 621 g/mol. The van der Waals surface area contributed by atoms with Crippen molar-refractivity contribution in [3.63, 3.8) is 0 Å². The lowest BCUT2D eigenvalue weighted by molar-refractivity contribution is -0.274. The van der Waals surface area contributed by atoms with Gasteiger partial charge in [-0.15, -0.1) is 13.2 Å². The van der Waals surface area contributed by atoms with E-state index >= 15 is 0 Å². The van der Waals surface area contributed by atoms with Gasteiger partial charge in [0.05, 0.1) is 18.5 Å². The van der Waals surface area contributed by atoms with E-state index in [4.69, 9.17) is 12.2 Å². The number of anilines is 2. The first-order chi connectivity index (χ1) is 20.8. The molecule has 3 aromatic carbocycles. The van der Waals surface area contributed by atoms with E-state index in [9.17, 15) is 18.0 Å². The van der Waals surface area contributed by atoms with Gasteiger partial charge in [0.25, 0.3) is 5.91 Å². The number of nitrogens with one attached hydrogen (secondary N) is 2. The highest BCUT2D eigenvalue weighted by molar-refractivity contribution is 7.80. The zero-order chi connectivity index (χ0) is 31.8. The molecule has 1 aliphatic rings. The van der Waals surface area contributed by atoms with Gasteiger partial charge in [0.15, 0.2) is 5.11 Å². The lowest BCUT2D eigenvalue weighted by atomic mass is 9.99. The number of hydrogen-bond donors (Lipinski definition) is 2. The monoisotopic (exact) mass is 620 g/mol. The number of thiocarbonyl (C=S) groups is 1. The lowest BCUT2D eigenvalue weighted by Crippen LogP contribution is -2.26. The van der Waals surface area contributed by atoms with Gasteiger partial charge in [0.1, 0.15) is 11.6 Å². The molecule has 4 aromatic rings. The van der Waals surface area contributed by atoms with Crippen LogP contribution in [-0.4, -0.2) is 33.4 Å². The number of amides is 1. The molecule has 0 unspecified atom stereocenters. The Bertz CT molecular complexity index is 1760. The van der Waals surface area contributed by atoms with Crippen LogP contribution in [0.25, 0.3) is 11.3 Å². The smallest absolute Gasteiger partial charge is 0.406 e. The maximum absolute atomic E-state index is 13.2. The number of nitrogens with zero attached hydrogens (tertiary/aromatic N) is 4. The maximum atomic E-state index is 13.2. The fourth-order valence-corrected chi connectivity index (χ4v) is 5.42. The van der Waals surface area contributed by atoms with Crippen molar-refractivity contribution in [2.75, 3.05) is 10.2 Å². The van der Waals surface area contributed by atoms with Gasteiger partial charge in [-0.3, -0.25) is 19.8 Å². The van der Waals surface area contributed by atoms with Gasteiger partial charge in [-0.25, -0.2) is 0 Å². The highest BCUT2D eigenvalue weighted by atomic mass is 32.1. The number of benzene rings is 3. The van der Waals surface area contributed by atoms with Crippen molar-refractivity contribution >= 4 is 41.0 Å². The normalized spacial score (nSPS) is 13.1. The van der Waals surface area contributed by atoms with Crippen molar-refractivity contribution in [3.05, 3.63) is 94.0 Å². The van der Waals surface area contributed by atoms with Gasteiger partial charge in [0.2, 0.25) is 0 Å². The van der Waals surface area contributed by atoms with Crippen LogP contribution < -0.4 is 20.4 Å². The zero-order valence-electron chi connectivity index (χ0n) is 24.8. The van der Waals surface area contributed by atoms with Crippen molar-refractivity contribution in [3.8, 4) is 17.0 Å². The summed E-state index contributed by atoms with van der Waals surface area (Å²) in [5, 5.41) is 12.5. The van der Waals surface area contributed by atoms with E-state index in [0.29, 0.717) is 33.7 Å². The second kappa shape index (κ2) is 12.1. The summed E-state index contributed by atoms with van der Waals surface area (Å²) >= 11 is 5.43. The Morgan fingerprint density at radius 3 is 2.50 bits per heavy atom. The third-order valence-electron chi connectivity index (χ3n) is 7.26. The first-order valence-electron chi connectivity index (χ1n) is 13.9. The molecule has 2 heterocycles. The SMILES string of the molecule is Cc1ccc(C(C)C)c(NC(=S)N/N=C/c2ccc(-c3nn(C)c(N4Cc5cc(OC(F)(F)F)ccc5C4=O)c3C)cc2)c1. The number of alkyl halides is 3. The lowest BCUT2D eigenvalue weighted by Gasteiger charge is -2.17. The third-order valence-corrected chi connectivity index (χ3v) is 7.45. The summed E-state index contributed by atoms with van der Waals surface area (Å²) in [7, 11) is 1.73. The Labute approximate surface area is 258 Å². The summed E-state index contributed by atoms with van der Waals surface area (Å²) < 4.78 is 43.7. The van der Waals surface area contributed by atoms with Crippen molar-refractivity contribution in [2.45, 2.75) is 46.5 Å². The standard InChI is InChI=1S/C32H31F3N6O2S/c1-18(2)25-12-6-19(3)14-27(25)37-31(44)38-36-16-21-7-9-22(10-8-21)28-20(4)29(40(5)39-28)41-17-23-15-24(43-32(33,34)35)11-13-26(23)30(41)42/h6-16,18H,17H2,1-5H3,(H2,37,38,44)/b36-16+. The first kappa shape index (κ1) is 30.7. The van der Waals surface area contributed by atoms with Crippen LogP contribution in [0, 0.1) is 13.8 Å². The molecular formula is C32H31F3N6O2S. The molecule has 1 amide bonds. The second-order valence-electron chi connectivity index (χ2n) is 10.9. The number of halogens is 3. The number of aromatic nitrogens is 2. The van der Waals surface area contributed by atoms with E-state index in [1.165, 1.54) is 17.0 Å². The highest BCUT2D eigenvalue weighted by Gasteiger charge is 2.35. The molecule has 8 nitrogen and oxygen atoms in total. The van der Waals surface area contributed by atoms with Crippen LogP contribution in [0.15, 0.2) is 65.8 Å². The largest absolute Gasteiger partial charge is 0.573 e. The molecule has 0 saturated carbocycles. The Balaban J connectivity index is 1.26. The molecule has 5 rings (SSSR count). The first-order valence-corrected chi connectivity index (χ1v) is 14.3. The molecule has 12 heteroatoms. The summed E-state index contributed by atoms with van der Waals surface area (Å²) in [6.07, 6.45) is -3.16. The van der Waals surface area contributed by atoms with E-state index in [2.05, 4.69) is 57.7 Å². The maximum Gasteiger partial charge on any atom is 0.573 e. The molecule has 0 radical (unpaired) electrons. The molecule has 1 aliphatic heterocycles. The molecule has 0 aliphatic carbocycles. The van der Waals surface area contributed by atoms with Crippen LogP contribution in [-0.2, 0) is 13.6 Å². The fourth-order valence-electron chi connectivity index (χ4n) is 5.26. The molecule has 0 saturated heterocycles. The zero-order valence-corrected chi connectivity index (χ0v) is 25.6. The van der Waals surface area contributed by atoms with E-state index in [1.807, 2.05) is 38.1 Å². The van der Waals surface area contributed by atoms with Crippen LogP contribution >= 0.6 is 12.2 Å². The fraction of sp³-hybridized carbons (Fsp3) is 0.250. The van der Waals surface area contributed by atoms with E-state index in [-0.39, 0.29) is 18.2 Å². The molecule has 228 valence electrons. The van der Waals surface area contributed by atoms with E-state index < -0.39 is 6.36 Å². The summed E-state index contributed by atoms with van der Waals surface area (Å²) in [5.41, 5.74) is 9.98. The van der Waals surface area contributed by atoms with Crippen molar-refractivity contribution < 1.29 is 22.7 Å². The topological polar surface area (TPSA) is 83.8 Å². The number of carbonyl (C=O) groups is 1. The van der Waals surface area contributed by atoms with Crippen LogP contribution in [0.4, 0.5) is 24.7 Å². The summed E-state index contributed by atoms with van der Waals surface area (Å²) in [6.45, 7) is 8.24. The average Bonchev–Trinajstić information content (AvgIpc) is 3.41. The molecule has 44 heavy (non-hydrogen) atoms. The summed E-state index contributed by atoms with van der Waals surface area (Å²) in [6, 6.07) is 17.6. The Morgan fingerprint density at radius 2 is 1.82 bits per heavy atom. The number of carbonyl (C=O) groups excluding carboxylic acids is 1. The molecule has 0 bridgehead atoms. The van der Waals surface area contributed by atoms with Crippen LogP contribution in [0.5, 0.6) is 5.75 Å². The van der Waals surface area contributed by atoms with Gasteiger partial charge < -0.3 is 10.1 Å². The highest BCUT2D eigenvalue weighted by Crippen LogP contribution is 2.36. The third kappa shape index (κ3) is 6.60. The summed E-state index contributed by atoms with van der Waals surface area (Å²) in [4.78, 5) is 14.7. The van der Waals surface area contributed by atoms with Crippen molar-refractivity contribution in [1.29, 1.82) is 0 Å². The van der Waals surface area contributed by atoms with Gasteiger partial charge in [-0.1, -0.05) is 50.2 Å². The Hall–Kier alpha value is -4.71. The van der Waals surface area contributed by atoms with Gasteiger partial charge in [0, 0.05) is 29.4 Å². The second-order valence-corrected chi connectivity index (χ2v) is 11.3. The number of hydrazone groups is 1. The van der Waals surface area contributed by atoms with Gasteiger partial charge >= 0.3 is 6.36 Å². The number of ether oxygens (including phenoxy) is 1. The predicted octanol–water partition coefficient (Wildman–Crippen LogP) is 7.21. The van der Waals surface area contributed by atoms with Gasteiger partial charge in [-0.2, -0.15) is 10.2 Å². The number of hydrogen-bond acceptors (Lipinski definition) is 5. The number of fused-ring (bicyclic) bond motifs is 1. The Morgan fingerprint density at radius 1 is 1.09 bits per heavy atom. The minimum absolute atomic E-state index is 0.102. The van der Waals surface area contributed by atoms with E-state index in [0.717, 1.165) is 39.6 Å². The molecule has 1 aromatic heterocycles. The summed E-state index contributed by atoms with van der Waals surface area (Å²) in [5.74, 6) is 0.218. The van der Waals surface area contributed by atoms with Crippen LogP contribution in [0.2, 0.25) is 0 Å². The number of aryl methyl sites for hydroxylation is 2. The van der Waals surface area contributed by atoms with Gasteiger partial charge in [-0.05, 0) is 78.5 Å². The van der Waals surface area contributed by atoms with Crippen molar-refractivity contribution in [2.24, 2.45) is 12.1 Å². The minimum Gasteiger partial charge on any atom is -0.406 e. The van der Waals surface area contributed by atoms with Crippen molar-refractivity contribution in [1.82, 2.24) is 15.2 Å². The Kier molecular flexibility index (Phi) is 8.46. The molecule has 0 spiro atoms. The molecule has 2 N–H and O–H groups in total.